The summed E-state index contributed by atoms with van der Waals surface area (Å²) in [5.74, 6) is 0.690. The molecule has 1 aliphatic rings. The lowest BCUT2D eigenvalue weighted by molar-refractivity contribution is 0.183. The Bertz CT molecular complexity index is 293. The average molecular weight is 195 g/mol. The van der Waals surface area contributed by atoms with E-state index in [0.717, 1.165) is 12.1 Å². The molecule has 1 unspecified atom stereocenters. The minimum Gasteiger partial charge on any atom is -0.383 e. The van der Waals surface area contributed by atoms with Crippen LogP contribution in [0.4, 0.5) is 0 Å². The van der Waals surface area contributed by atoms with E-state index < -0.39 is 0 Å². The molecule has 1 aromatic heterocycles. The van der Waals surface area contributed by atoms with Gasteiger partial charge in [0.15, 0.2) is 0 Å². The molecule has 4 heteroatoms. The first-order valence-electron chi connectivity index (χ1n) is 5.08. The maximum Gasteiger partial charge on any atom is 0.0658 e. The average Bonchev–Trinajstić information content (AvgIpc) is 2.94. The molecule has 1 aliphatic carbocycles. The van der Waals surface area contributed by atoms with Crippen LogP contribution in [0.2, 0.25) is 0 Å². The van der Waals surface area contributed by atoms with Gasteiger partial charge in [-0.15, -0.1) is 0 Å². The number of rotatable bonds is 5. The summed E-state index contributed by atoms with van der Waals surface area (Å²) < 4.78 is 6.87. The summed E-state index contributed by atoms with van der Waals surface area (Å²) >= 11 is 0. The highest BCUT2D eigenvalue weighted by molar-refractivity contribution is 5.13. The molecule has 0 bridgehead atoms. The molecule has 0 spiro atoms. The second kappa shape index (κ2) is 4.11. The van der Waals surface area contributed by atoms with Gasteiger partial charge < -0.3 is 10.5 Å². The van der Waals surface area contributed by atoms with Crippen molar-refractivity contribution < 1.29 is 4.74 Å². The summed E-state index contributed by atoms with van der Waals surface area (Å²) in [5, 5.41) is 4.24. The lowest BCUT2D eigenvalue weighted by atomic mass is 10.1. The fourth-order valence-electron chi connectivity index (χ4n) is 1.59. The van der Waals surface area contributed by atoms with E-state index in [4.69, 9.17) is 10.5 Å². The summed E-state index contributed by atoms with van der Waals surface area (Å²) in [4.78, 5) is 0. The SMILES string of the molecule is COCCn1cc(C(N)C2CC2)cn1. The van der Waals surface area contributed by atoms with Crippen LogP contribution >= 0.6 is 0 Å². The third kappa shape index (κ3) is 2.13. The summed E-state index contributed by atoms with van der Waals surface area (Å²) in [5.41, 5.74) is 7.21. The quantitative estimate of drug-likeness (QED) is 0.760. The first-order valence-corrected chi connectivity index (χ1v) is 5.08. The third-order valence-electron chi connectivity index (χ3n) is 2.69. The molecule has 1 saturated carbocycles. The van der Waals surface area contributed by atoms with Crippen LogP contribution in [0.3, 0.4) is 0 Å². The normalized spacial score (nSPS) is 18.4. The summed E-state index contributed by atoms with van der Waals surface area (Å²) in [6.07, 6.45) is 6.44. The number of methoxy groups -OCH3 is 1. The van der Waals surface area contributed by atoms with E-state index in [1.54, 1.807) is 7.11 Å². The summed E-state index contributed by atoms with van der Waals surface area (Å²) in [7, 11) is 1.69. The van der Waals surface area contributed by atoms with Crippen LogP contribution in [0.15, 0.2) is 12.4 Å². The first-order chi connectivity index (χ1) is 6.81. The van der Waals surface area contributed by atoms with Crippen molar-refractivity contribution in [1.82, 2.24) is 9.78 Å². The van der Waals surface area contributed by atoms with Gasteiger partial charge in [0, 0.05) is 24.9 Å². The van der Waals surface area contributed by atoms with Crippen molar-refractivity contribution in [3.8, 4) is 0 Å². The predicted molar refractivity (Wildman–Crippen MR) is 53.8 cm³/mol. The monoisotopic (exact) mass is 195 g/mol. The molecule has 1 aromatic rings. The Morgan fingerprint density at radius 3 is 3.14 bits per heavy atom. The van der Waals surface area contributed by atoms with Gasteiger partial charge in [-0.3, -0.25) is 4.68 Å². The lowest BCUT2D eigenvalue weighted by Gasteiger charge is -2.05. The summed E-state index contributed by atoms with van der Waals surface area (Å²) in [6.45, 7) is 1.49. The lowest BCUT2D eigenvalue weighted by Crippen LogP contribution is -2.11. The Balaban J connectivity index is 1.94. The van der Waals surface area contributed by atoms with Crippen LogP contribution in [0.5, 0.6) is 0 Å². The highest BCUT2D eigenvalue weighted by atomic mass is 16.5. The molecule has 2 N–H and O–H groups in total. The van der Waals surface area contributed by atoms with Gasteiger partial charge in [-0.2, -0.15) is 5.10 Å². The van der Waals surface area contributed by atoms with Crippen LogP contribution in [0, 0.1) is 5.92 Å². The fraction of sp³-hybridized carbons (Fsp3) is 0.700. The van der Waals surface area contributed by atoms with E-state index in [1.165, 1.54) is 12.8 Å². The van der Waals surface area contributed by atoms with Gasteiger partial charge in [-0.1, -0.05) is 0 Å². The maximum atomic E-state index is 6.06. The van der Waals surface area contributed by atoms with Crippen LogP contribution in [-0.2, 0) is 11.3 Å². The van der Waals surface area contributed by atoms with Crippen LogP contribution in [-0.4, -0.2) is 23.5 Å². The molecule has 1 atom stereocenters. The van der Waals surface area contributed by atoms with Gasteiger partial charge in [-0.05, 0) is 18.8 Å². The molecular formula is C10H17N3O. The van der Waals surface area contributed by atoms with E-state index in [9.17, 15) is 0 Å². The van der Waals surface area contributed by atoms with Gasteiger partial charge in [0.1, 0.15) is 0 Å². The predicted octanol–water partition coefficient (Wildman–Crippen LogP) is 0.939. The minimum atomic E-state index is 0.186. The Morgan fingerprint density at radius 2 is 2.50 bits per heavy atom. The Kier molecular flexibility index (Phi) is 2.84. The van der Waals surface area contributed by atoms with Crippen molar-refractivity contribution in [2.45, 2.75) is 25.4 Å². The molecule has 4 nitrogen and oxygen atoms in total. The van der Waals surface area contributed by atoms with E-state index in [0.29, 0.717) is 12.5 Å². The molecule has 78 valence electrons. The zero-order valence-corrected chi connectivity index (χ0v) is 8.52. The molecule has 0 aromatic carbocycles. The number of ether oxygens (including phenoxy) is 1. The second-order valence-electron chi connectivity index (χ2n) is 3.89. The molecule has 0 saturated heterocycles. The Morgan fingerprint density at radius 1 is 1.71 bits per heavy atom. The number of nitrogens with zero attached hydrogens (tertiary/aromatic N) is 2. The zero-order chi connectivity index (χ0) is 9.97. The van der Waals surface area contributed by atoms with Gasteiger partial charge in [0.25, 0.3) is 0 Å². The molecule has 14 heavy (non-hydrogen) atoms. The number of hydrogen-bond acceptors (Lipinski definition) is 3. The molecular weight excluding hydrogens is 178 g/mol. The van der Waals surface area contributed by atoms with E-state index in [1.807, 2.05) is 17.1 Å². The van der Waals surface area contributed by atoms with Crippen molar-refractivity contribution in [3.05, 3.63) is 18.0 Å². The van der Waals surface area contributed by atoms with Gasteiger partial charge in [0.2, 0.25) is 0 Å². The fourth-order valence-corrected chi connectivity index (χ4v) is 1.59. The Hall–Kier alpha value is -0.870. The highest BCUT2D eigenvalue weighted by Crippen LogP contribution is 2.39. The minimum absolute atomic E-state index is 0.186. The van der Waals surface area contributed by atoms with Crippen molar-refractivity contribution >= 4 is 0 Å². The van der Waals surface area contributed by atoms with Crippen molar-refractivity contribution in [1.29, 1.82) is 0 Å². The van der Waals surface area contributed by atoms with Crippen LogP contribution < -0.4 is 5.73 Å². The summed E-state index contributed by atoms with van der Waals surface area (Å²) in [6, 6.07) is 0.186. The standard InChI is InChI=1S/C10H17N3O/c1-14-5-4-13-7-9(6-12-13)10(11)8-2-3-8/h6-8,10H,2-5,11H2,1H3. The molecule has 1 heterocycles. The van der Waals surface area contributed by atoms with Gasteiger partial charge in [-0.25, -0.2) is 0 Å². The number of aromatic nitrogens is 2. The van der Waals surface area contributed by atoms with Gasteiger partial charge >= 0.3 is 0 Å². The van der Waals surface area contributed by atoms with Gasteiger partial charge in [0.05, 0.1) is 19.3 Å². The van der Waals surface area contributed by atoms with Crippen molar-refractivity contribution in [3.63, 3.8) is 0 Å². The maximum absolute atomic E-state index is 6.06. The first kappa shape index (κ1) is 9.68. The van der Waals surface area contributed by atoms with Crippen molar-refractivity contribution in [2.24, 2.45) is 11.7 Å². The number of hydrogen-bond donors (Lipinski definition) is 1. The van der Waals surface area contributed by atoms with E-state index in [-0.39, 0.29) is 6.04 Å². The van der Waals surface area contributed by atoms with Crippen LogP contribution in [0.1, 0.15) is 24.4 Å². The molecule has 2 rings (SSSR count). The molecule has 0 aliphatic heterocycles. The molecule has 1 fully saturated rings. The number of nitrogens with two attached hydrogens (primary N) is 1. The molecule has 0 radical (unpaired) electrons. The second-order valence-corrected chi connectivity index (χ2v) is 3.89. The van der Waals surface area contributed by atoms with Crippen LogP contribution in [0.25, 0.3) is 0 Å². The smallest absolute Gasteiger partial charge is 0.0658 e. The third-order valence-corrected chi connectivity index (χ3v) is 2.69. The van der Waals surface area contributed by atoms with E-state index in [2.05, 4.69) is 5.10 Å². The van der Waals surface area contributed by atoms with Crippen molar-refractivity contribution in [2.75, 3.05) is 13.7 Å². The molecule has 0 amide bonds. The highest BCUT2D eigenvalue weighted by Gasteiger charge is 2.30. The van der Waals surface area contributed by atoms with E-state index >= 15 is 0 Å². The Labute approximate surface area is 84.0 Å². The largest absolute Gasteiger partial charge is 0.383 e. The topological polar surface area (TPSA) is 53.1 Å². The zero-order valence-electron chi connectivity index (χ0n) is 8.52.